The second-order valence-electron chi connectivity index (χ2n) is 7.88. The largest absolute Gasteiger partial charge is 0.327 e. The van der Waals surface area contributed by atoms with Crippen LogP contribution in [0.3, 0.4) is 0 Å². The number of hydrogen-bond donors (Lipinski definition) is 0. The van der Waals surface area contributed by atoms with E-state index in [4.69, 9.17) is 4.98 Å². The third-order valence-corrected chi connectivity index (χ3v) is 5.18. The standard InChI is InChI=1S/C24H32N2/c1-5-6-9-16-26-23-11-8-7-10-22(23)25-24(26)19(4)21-14-12-20(13-15-21)17-18(2)3/h7-8,10-15,18-19H,5-6,9,16-17H2,1-4H3/t19-/m1/s1. The van der Waals surface area contributed by atoms with Crippen LogP contribution in [-0.4, -0.2) is 9.55 Å². The van der Waals surface area contributed by atoms with Crippen molar-refractivity contribution in [1.29, 1.82) is 0 Å². The van der Waals surface area contributed by atoms with Crippen molar-refractivity contribution in [2.75, 3.05) is 0 Å². The van der Waals surface area contributed by atoms with Crippen LogP contribution in [0, 0.1) is 5.92 Å². The van der Waals surface area contributed by atoms with E-state index in [1.54, 1.807) is 0 Å². The monoisotopic (exact) mass is 348 g/mol. The van der Waals surface area contributed by atoms with E-state index in [0.717, 1.165) is 18.5 Å². The summed E-state index contributed by atoms with van der Waals surface area (Å²) in [5.74, 6) is 2.19. The maximum Gasteiger partial charge on any atom is 0.117 e. The molecular weight excluding hydrogens is 316 g/mol. The van der Waals surface area contributed by atoms with Crippen molar-refractivity contribution in [3.63, 3.8) is 0 Å². The molecule has 0 radical (unpaired) electrons. The number of imidazole rings is 1. The molecule has 2 nitrogen and oxygen atoms in total. The average Bonchev–Trinajstić information content (AvgIpc) is 3.00. The third kappa shape index (κ3) is 4.17. The van der Waals surface area contributed by atoms with Gasteiger partial charge in [0, 0.05) is 12.5 Å². The Kier molecular flexibility index (Phi) is 6.13. The van der Waals surface area contributed by atoms with Crippen LogP contribution in [0.25, 0.3) is 11.0 Å². The van der Waals surface area contributed by atoms with Crippen molar-refractivity contribution >= 4 is 11.0 Å². The zero-order valence-electron chi connectivity index (χ0n) is 16.7. The number of unbranched alkanes of at least 4 members (excludes halogenated alkanes) is 2. The minimum atomic E-state index is 0.303. The molecule has 0 aliphatic rings. The zero-order chi connectivity index (χ0) is 18.5. The van der Waals surface area contributed by atoms with E-state index in [-0.39, 0.29) is 0 Å². The van der Waals surface area contributed by atoms with Crippen LogP contribution in [0.2, 0.25) is 0 Å². The molecule has 0 amide bonds. The van der Waals surface area contributed by atoms with Crippen molar-refractivity contribution in [2.24, 2.45) is 5.92 Å². The summed E-state index contributed by atoms with van der Waals surface area (Å²) in [5.41, 5.74) is 5.15. The predicted molar refractivity (Wildman–Crippen MR) is 112 cm³/mol. The normalized spacial score (nSPS) is 12.8. The van der Waals surface area contributed by atoms with E-state index in [1.165, 1.54) is 41.7 Å². The molecule has 0 bridgehead atoms. The van der Waals surface area contributed by atoms with Crippen molar-refractivity contribution in [2.45, 2.75) is 65.8 Å². The van der Waals surface area contributed by atoms with E-state index >= 15 is 0 Å². The molecule has 0 aliphatic heterocycles. The third-order valence-electron chi connectivity index (χ3n) is 5.18. The van der Waals surface area contributed by atoms with Crippen molar-refractivity contribution in [3.05, 3.63) is 65.5 Å². The Balaban J connectivity index is 1.91. The van der Waals surface area contributed by atoms with Crippen molar-refractivity contribution < 1.29 is 0 Å². The molecule has 0 N–H and O–H groups in total. The van der Waals surface area contributed by atoms with Gasteiger partial charge in [0.15, 0.2) is 0 Å². The number of benzene rings is 2. The number of hydrogen-bond acceptors (Lipinski definition) is 1. The summed E-state index contributed by atoms with van der Waals surface area (Å²) in [7, 11) is 0. The number of aryl methyl sites for hydroxylation is 1. The number of aromatic nitrogens is 2. The van der Waals surface area contributed by atoms with Gasteiger partial charge in [-0.3, -0.25) is 0 Å². The van der Waals surface area contributed by atoms with Crippen LogP contribution in [0.1, 0.15) is 69.8 Å². The summed E-state index contributed by atoms with van der Waals surface area (Å²) in [5, 5.41) is 0. The number of nitrogens with zero attached hydrogens (tertiary/aromatic N) is 2. The van der Waals surface area contributed by atoms with Crippen LogP contribution in [0.15, 0.2) is 48.5 Å². The first-order valence-electron chi connectivity index (χ1n) is 10.1. The maximum absolute atomic E-state index is 5.00. The minimum absolute atomic E-state index is 0.303. The summed E-state index contributed by atoms with van der Waals surface area (Å²) < 4.78 is 2.44. The Morgan fingerprint density at radius 1 is 0.923 bits per heavy atom. The number of para-hydroxylation sites is 2. The van der Waals surface area contributed by atoms with Gasteiger partial charge in [0.2, 0.25) is 0 Å². The SMILES string of the molecule is CCCCCn1c([C@H](C)c2ccc(CC(C)C)cc2)nc2ccccc21. The molecule has 1 atom stereocenters. The molecule has 2 aromatic carbocycles. The highest BCUT2D eigenvalue weighted by Crippen LogP contribution is 2.28. The van der Waals surface area contributed by atoms with Gasteiger partial charge in [0.25, 0.3) is 0 Å². The summed E-state index contributed by atoms with van der Waals surface area (Å²) in [6.45, 7) is 10.1. The summed E-state index contributed by atoms with van der Waals surface area (Å²) >= 11 is 0. The topological polar surface area (TPSA) is 17.8 Å². The highest BCUT2D eigenvalue weighted by molar-refractivity contribution is 5.76. The number of rotatable bonds is 8. The molecule has 0 fully saturated rings. The van der Waals surface area contributed by atoms with Gasteiger partial charge in [-0.25, -0.2) is 4.98 Å². The smallest absolute Gasteiger partial charge is 0.117 e. The second kappa shape index (κ2) is 8.53. The Bertz CT molecular complexity index is 827. The Labute approximate surface area is 158 Å². The highest BCUT2D eigenvalue weighted by atomic mass is 15.1. The lowest BCUT2D eigenvalue weighted by Crippen LogP contribution is -2.09. The summed E-state index contributed by atoms with van der Waals surface area (Å²) in [6.07, 6.45) is 4.87. The van der Waals surface area contributed by atoms with E-state index < -0.39 is 0 Å². The fraction of sp³-hybridized carbons (Fsp3) is 0.458. The Hall–Kier alpha value is -2.09. The zero-order valence-corrected chi connectivity index (χ0v) is 16.7. The van der Waals surface area contributed by atoms with E-state index in [9.17, 15) is 0 Å². The minimum Gasteiger partial charge on any atom is -0.327 e. The van der Waals surface area contributed by atoms with Gasteiger partial charge in [-0.1, -0.05) is 76.9 Å². The quantitative estimate of drug-likeness (QED) is 0.421. The van der Waals surface area contributed by atoms with E-state index in [0.29, 0.717) is 11.8 Å². The lowest BCUT2D eigenvalue weighted by Gasteiger charge is -2.16. The molecule has 0 aliphatic carbocycles. The first-order valence-corrected chi connectivity index (χ1v) is 10.1. The summed E-state index contributed by atoms with van der Waals surface area (Å²) in [6, 6.07) is 17.7. The highest BCUT2D eigenvalue weighted by Gasteiger charge is 2.18. The van der Waals surface area contributed by atoms with Crippen LogP contribution >= 0.6 is 0 Å². The van der Waals surface area contributed by atoms with Crippen LogP contribution in [0.5, 0.6) is 0 Å². The average molecular weight is 349 g/mol. The van der Waals surface area contributed by atoms with Gasteiger partial charge in [-0.2, -0.15) is 0 Å². The Morgan fingerprint density at radius 2 is 1.65 bits per heavy atom. The molecule has 3 aromatic rings. The van der Waals surface area contributed by atoms with Crippen molar-refractivity contribution in [3.8, 4) is 0 Å². The van der Waals surface area contributed by atoms with Crippen LogP contribution in [0.4, 0.5) is 0 Å². The van der Waals surface area contributed by atoms with Crippen molar-refractivity contribution in [1.82, 2.24) is 9.55 Å². The lowest BCUT2D eigenvalue weighted by atomic mass is 9.96. The molecule has 0 spiro atoms. The van der Waals surface area contributed by atoms with Gasteiger partial charge >= 0.3 is 0 Å². The van der Waals surface area contributed by atoms with Gasteiger partial charge in [-0.15, -0.1) is 0 Å². The first kappa shape index (κ1) is 18.7. The van der Waals surface area contributed by atoms with Crippen LogP contribution < -0.4 is 0 Å². The Morgan fingerprint density at radius 3 is 2.35 bits per heavy atom. The maximum atomic E-state index is 5.00. The fourth-order valence-electron chi connectivity index (χ4n) is 3.74. The van der Waals surface area contributed by atoms with Gasteiger partial charge in [0.1, 0.15) is 5.82 Å². The fourth-order valence-corrected chi connectivity index (χ4v) is 3.74. The molecule has 1 aromatic heterocycles. The van der Waals surface area contributed by atoms with Gasteiger partial charge < -0.3 is 4.57 Å². The lowest BCUT2D eigenvalue weighted by molar-refractivity contribution is 0.582. The molecule has 3 rings (SSSR count). The molecule has 0 unspecified atom stereocenters. The number of fused-ring (bicyclic) bond motifs is 1. The van der Waals surface area contributed by atoms with E-state index in [2.05, 4.69) is 80.8 Å². The molecule has 2 heteroatoms. The molecule has 0 saturated heterocycles. The molecule has 1 heterocycles. The molecule has 26 heavy (non-hydrogen) atoms. The van der Waals surface area contributed by atoms with E-state index in [1.807, 2.05) is 0 Å². The molecular formula is C24H32N2. The van der Waals surface area contributed by atoms with Crippen LogP contribution in [-0.2, 0) is 13.0 Å². The molecule has 0 saturated carbocycles. The summed E-state index contributed by atoms with van der Waals surface area (Å²) in [4.78, 5) is 5.00. The predicted octanol–water partition coefficient (Wildman–Crippen LogP) is 6.58. The molecule has 138 valence electrons. The van der Waals surface area contributed by atoms with Gasteiger partial charge in [-0.05, 0) is 42.0 Å². The first-order chi connectivity index (χ1) is 12.6. The second-order valence-corrected chi connectivity index (χ2v) is 7.88. The van der Waals surface area contributed by atoms with Gasteiger partial charge in [0.05, 0.1) is 11.0 Å².